The van der Waals surface area contributed by atoms with Gasteiger partial charge in [-0.1, -0.05) is 0 Å². The monoisotopic (exact) mass is 404 g/mol. The molecule has 1 aromatic rings. The first-order valence-electron chi connectivity index (χ1n) is 10.3. The second-order valence-electron chi connectivity index (χ2n) is 8.87. The minimum absolute atomic E-state index is 0.0739. The van der Waals surface area contributed by atoms with Gasteiger partial charge in [0.05, 0.1) is 0 Å². The normalized spacial score (nSPS) is 28.7. The molecule has 3 N–H and O–H groups in total. The molecular weight excluding hydrogens is 375 g/mol. The van der Waals surface area contributed by atoms with E-state index in [4.69, 9.17) is 22.8 Å². The van der Waals surface area contributed by atoms with Gasteiger partial charge in [0.1, 0.15) is 19.0 Å². The third-order valence-electron chi connectivity index (χ3n) is 6.79. The van der Waals surface area contributed by atoms with E-state index in [0.29, 0.717) is 25.0 Å². The molecule has 1 amide bonds. The number of ether oxygens (including phenoxy) is 1. The summed E-state index contributed by atoms with van der Waals surface area (Å²) in [7, 11) is 5.02. The molecule has 1 spiro atoms. The van der Waals surface area contributed by atoms with Crippen LogP contribution in [0.5, 0.6) is 0 Å². The molecule has 29 heavy (non-hydrogen) atoms. The number of carbonyl (C=O) groups excluding carboxylic acids is 1. The van der Waals surface area contributed by atoms with Crippen LogP contribution in [0.3, 0.4) is 0 Å². The molecule has 3 aliphatic rings. The van der Waals surface area contributed by atoms with Crippen molar-refractivity contribution in [2.45, 2.75) is 56.5 Å². The molecule has 9 nitrogen and oxygen atoms in total. The van der Waals surface area contributed by atoms with Gasteiger partial charge in [0, 0.05) is 36.9 Å². The highest BCUT2D eigenvalue weighted by molar-refractivity contribution is 6.13. The maximum Gasteiger partial charge on any atom is 0.409 e. The van der Waals surface area contributed by atoms with Gasteiger partial charge in [-0.2, -0.15) is 5.10 Å². The van der Waals surface area contributed by atoms with Gasteiger partial charge in [-0.15, -0.1) is 0 Å². The molecule has 4 rings (SSSR count). The fourth-order valence-corrected chi connectivity index (χ4v) is 5.25. The second kappa shape index (κ2) is 7.90. The van der Waals surface area contributed by atoms with Crippen molar-refractivity contribution in [3.05, 3.63) is 18.0 Å². The molecule has 2 radical (unpaired) electrons. The molecule has 1 aliphatic carbocycles. The Balaban J connectivity index is 1.22. The van der Waals surface area contributed by atoms with Gasteiger partial charge in [-0.05, 0) is 56.7 Å². The molecule has 2 aliphatic heterocycles. The molecule has 0 unspecified atom stereocenters. The highest BCUT2D eigenvalue weighted by atomic mass is 16.6. The fourth-order valence-electron chi connectivity index (χ4n) is 5.25. The summed E-state index contributed by atoms with van der Waals surface area (Å²) in [6.45, 7) is 2.66. The van der Waals surface area contributed by atoms with Crippen LogP contribution < -0.4 is 0 Å². The van der Waals surface area contributed by atoms with Crippen LogP contribution in [0.1, 0.15) is 43.7 Å². The first-order chi connectivity index (χ1) is 13.8. The van der Waals surface area contributed by atoms with Gasteiger partial charge in [-0.25, -0.2) is 9.48 Å². The maximum absolute atomic E-state index is 12.1. The van der Waals surface area contributed by atoms with Gasteiger partial charge in [0.25, 0.3) is 0 Å². The SMILES string of the molecule is [B]C(O)(O)COC(=O)N1CCC2(CC(N3CCC(c4ccnn4CO)CC3)C2)C1. The van der Waals surface area contributed by atoms with Crippen molar-refractivity contribution >= 4 is 13.9 Å². The van der Waals surface area contributed by atoms with Gasteiger partial charge in [0.15, 0.2) is 7.85 Å². The van der Waals surface area contributed by atoms with E-state index in [-0.39, 0.29) is 12.1 Å². The molecule has 1 aromatic heterocycles. The summed E-state index contributed by atoms with van der Waals surface area (Å²) in [5.74, 6) is 0.444. The predicted octanol–water partition coefficient (Wildman–Crippen LogP) is -0.190. The number of aliphatic hydroxyl groups is 3. The van der Waals surface area contributed by atoms with Crippen molar-refractivity contribution in [2.75, 3.05) is 32.8 Å². The average Bonchev–Trinajstić information content (AvgIpc) is 3.31. The lowest BCUT2D eigenvalue weighted by Gasteiger charge is -2.51. The van der Waals surface area contributed by atoms with E-state index < -0.39 is 18.4 Å². The van der Waals surface area contributed by atoms with Crippen LogP contribution in [-0.4, -0.2) is 93.4 Å². The molecule has 1 saturated carbocycles. The summed E-state index contributed by atoms with van der Waals surface area (Å²) in [4.78, 5) is 16.3. The highest BCUT2D eigenvalue weighted by Gasteiger charge is 2.51. The third-order valence-corrected chi connectivity index (χ3v) is 6.79. The summed E-state index contributed by atoms with van der Waals surface area (Å²) in [6, 6.07) is 2.56. The number of aromatic nitrogens is 2. The van der Waals surface area contributed by atoms with Gasteiger partial charge >= 0.3 is 6.09 Å². The number of hydrogen-bond donors (Lipinski definition) is 3. The average molecular weight is 404 g/mol. The molecule has 2 saturated heterocycles. The van der Waals surface area contributed by atoms with Crippen molar-refractivity contribution in [1.29, 1.82) is 0 Å². The Kier molecular flexibility index (Phi) is 5.63. The van der Waals surface area contributed by atoms with Crippen LogP contribution in [0.4, 0.5) is 4.79 Å². The summed E-state index contributed by atoms with van der Waals surface area (Å²) >= 11 is 0. The Bertz CT molecular complexity index is 722. The largest absolute Gasteiger partial charge is 0.445 e. The summed E-state index contributed by atoms with van der Waals surface area (Å²) in [6.07, 6.45) is 6.46. The first kappa shape index (κ1) is 20.6. The van der Waals surface area contributed by atoms with Crippen LogP contribution in [0.25, 0.3) is 0 Å². The summed E-state index contributed by atoms with van der Waals surface area (Å²) in [5, 5.41) is 31.7. The lowest BCUT2D eigenvalue weighted by atomic mass is 9.64. The zero-order valence-corrected chi connectivity index (χ0v) is 16.6. The highest BCUT2D eigenvalue weighted by Crippen LogP contribution is 2.51. The van der Waals surface area contributed by atoms with Gasteiger partial charge in [0.2, 0.25) is 0 Å². The number of hydrogen-bond acceptors (Lipinski definition) is 7. The zero-order chi connectivity index (χ0) is 20.6. The molecule has 0 bridgehead atoms. The van der Waals surface area contributed by atoms with Crippen molar-refractivity contribution < 1.29 is 24.9 Å². The Hall–Kier alpha value is -1.62. The van der Waals surface area contributed by atoms with Crippen molar-refractivity contribution in [1.82, 2.24) is 19.6 Å². The van der Waals surface area contributed by atoms with Crippen LogP contribution in [-0.2, 0) is 11.5 Å². The van der Waals surface area contributed by atoms with Crippen molar-refractivity contribution in [3.63, 3.8) is 0 Å². The Morgan fingerprint density at radius 2 is 2.03 bits per heavy atom. The number of amides is 1. The van der Waals surface area contributed by atoms with Gasteiger partial charge in [-0.3, -0.25) is 0 Å². The summed E-state index contributed by atoms with van der Waals surface area (Å²) < 4.78 is 6.56. The zero-order valence-electron chi connectivity index (χ0n) is 16.6. The third kappa shape index (κ3) is 4.45. The molecule has 10 heteroatoms. The maximum atomic E-state index is 12.1. The number of carbonyl (C=O) groups is 1. The summed E-state index contributed by atoms with van der Waals surface area (Å²) in [5.41, 5.74) is -1.21. The molecule has 3 heterocycles. The number of aliphatic hydroxyl groups excluding tert-OH is 1. The predicted molar refractivity (Wildman–Crippen MR) is 104 cm³/mol. The van der Waals surface area contributed by atoms with E-state index in [0.717, 1.165) is 50.9 Å². The lowest BCUT2D eigenvalue weighted by Crippen LogP contribution is -2.54. The second-order valence-corrected chi connectivity index (χ2v) is 8.87. The quantitative estimate of drug-likeness (QED) is 0.461. The van der Waals surface area contributed by atoms with E-state index in [1.807, 2.05) is 6.07 Å². The molecular formula is C19H29BN4O5. The molecule has 158 valence electrons. The van der Waals surface area contributed by atoms with Crippen LogP contribution >= 0.6 is 0 Å². The Morgan fingerprint density at radius 1 is 1.31 bits per heavy atom. The van der Waals surface area contributed by atoms with Crippen molar-refractivity contribution in [3.8, 4) is 0 Å². The van der Waals surface area contributed by atoms with E-state index in [1.165, 1.54) is 0 Å². The Morgan fingerprint density at radius 3 is 2.69 bits per heavy atom. The number of nitrogens with zero attached hydrogens (tertiary/aromatic N) is 4. The molecule has 0 atom stereocenters. The van der Waals surface area contributed by atoms with E-state index >= 15 is 0 Å². The van der Waals surface area contributed by atoms with Crippen LogP contribution in [0, 0.1) is 5.41 Å². The minimum atomic E-state index is -2.49. The van der Waals surface area contributed by atoms with E-state index in [1.54, 1.807) is 15.8 Å². The van der Waals surface area contributed by atoms with Crippen LogP contribution in [0.15, 0.2) is 12.3 Å². The first-order valence-corrected chi connectivity index (χ1v) is 10.3. The van der Waals surface area contributed by atoms with Gasteiger partial charge < -0.3 is 29.9 Å². The minimum Gasteiger partial charge on any atom is -0.445 e. The van der Waals surface area contributed by atoms with Crippen LogP contribution in [0.2, 0.25) is 0 Å². The lowest BCUT2D eigenvalue weighted by molar-refractivity contribution is -0.121. The number of piperidine rings is 1. The number of rotatable bonds is 5. The van der Waals surface area contributed by atoms with E-state index in [9.17, 15) is 9.90 Å². The fraction of sp³-hybridized carbons (Fsp3) is 0.789. The van der Waals surface area contributed by atoms with E-state index in [2.05, 4.69) is 10.00 Å². The number of likely N-dealkylation sites (tertiary alicyclic amines) is 2. The Labute approximate surface area is 171 Å². The standard InChI is InChI=1S/C19H29BN4O5/c20-19(27,28)12-29-17(26)23-8-4-18(11-23)9-15(10-18)22-6-2-14(3-7-22)16-1-5-21-24(16)13-25/h1,5,14-15,25,27-28H,2-4,6-13H2. The smallest absolute Gasteiger partial charge is 0.409 e. The molecule has 0 aromatic carbocycles. The molecule has 3 fully saturated rings. The topological polar surface area (TPSA) is 111 Å². The van der Waals surface area contributed by atoms with Crippen molar-refractivity contribution in [2.24, 2.45) is 5.41 Å².